The van der Waals surface area contributed by atoms with Gasteiger partial charge in [-0.2, -0.15) is 0 Å². The normalized spacial score (nSPS) is 11.5. The number of aryl methyl sites for hydroxylation is 3. The molecule has 4 heterocycles. The predicted octanol–water partition coefficient (Wildman–Crippen LogP) is 3.66. The SMILES string of the molecule is CCCCn1c(=O)[nH]c(=O)c2c1nc(CSc1nnc(-c3ccoc3C)n1-c1ccccc1)n2C. The summed E-state index contributed by atoms with van der Waals surface area (Å²) in [6, 6.07) is 11.7. The number of nitrogens with zero attached hydrogens (tertiary/aromatic N) is 6. The first kappa shape index (κ1) is 22.9. The number of thioether (sulfide) groups is 1. The molecule has 4 aromatic heterocycles. The topological polar surface area (TPSA) is 117 Å². The fourth-order valence-electron chi connectivity index (χ4n) is 4.04. The van der Waals surface area contributed by atoms with Gasteiger partial charge in [0.1, 0.15) is 11.6 Å². The van der Waals surface area contributed by atoms with E-state index in [1.54, 1.807) is 22.4 Å². The summed E-state index contributed by atoms with van der Waals surface area (Å²) in [5.74, 6) is 2.53. The second kappa shape index (κ2) is 9.41. The first-order valence-electron chi connectivity index (χ1n) is 11.4. The minimum atomic E-state index is -0.436. The van der Waals surface area contributed by atoms with Crippen LogP contribution in [0.1, 0.15) is 31.4 Å². The molecule has 10 nitrogen and oxygen atoms in total. The quantitative estimate of drug-likeness (QED) is 0.329. The van der Waals surface area contributed by atoms with E-state index in [1.807, 2.05) is 47.9 Å². The van der Waals surface area contributed by atoms with E-state index in [0.29, 0.717) is 40.3 Å². The Balaban J connectivity index is 1.55. The van der Waals surface area contributed by atoms with E-state index in [-0.39, 0.29) is 0 Å². The molecule has 0 atom stereocenters. The van der Waals surface area contributed by atoms with Gasteiger partial charge in [0.05, 0.1) is 17.6 Å². The Kier molecular flexibility index (Phi) is 6.16. The van der Waals surface area contributed by atoms with Crippen LogP contribution >= 0.6 is 11.8 Å². The molecule has 0 aliphatic rings. The van der Waals surface area contributed by atoms with E-state index < -0.39 is 11.2 Å². The maximum Gasteiger partial charge on any atom is 0.330 e. The molecule has 35 heavy (non-hydrogen) atoms. The van der Waals surface area contributed by atoms with E-state index in [1.165, 1.54) is 11.8 Å². The van der Waals surface area contributed by atoms with Gasteiger partial charge in [0.15, 0.2) is 22.1 Å². The Morgan fingerprint density at radius 2 is 1.91 bits per heavy atom. The number of unbranched alkanes of at least 4 members (excludes halogenated alkanes) is 1. The minimum absolute atomic E-state index is 0.385. The van der Waals surface area contributed by atoms with Crippen molar-refractivity contribution in [2.45, 2.75) is 44.1 Å². The summed E-state index contributed by atoms with van der Waals surface area (Å²) in [7, 11) is 1.79. The summed E-state index contributed by atoms with van der Waals surface area (Å²) >= 11 is 1.46. The van der Waals surface area contributed by atoms with Crippen LogP contribution in [0.5, 0.6) is 0 Å². The molecule has 0 amide bonds. The van der Waals surface area contributed by atoms with Gasteiger partial charge >= 0.3 is 5.69 Å². The van der Waals surface area contributed by atoms with E-state index in [2.05, 4.69) is 27.1 Å². The molecule has 1 aromatic carbocycles. The number of rotatable bonds is 8. The van der Waals surface area contributed by atoms with Crippen LogP contribution in [0.15, 0.2) is 61.8 Å². The number of hydrogen-bond donors (Lipinski definition) is 1. The van der Waals surface area contributed by atoms with Crippen molar-refractivity contribution >= 4 is 22.9 Å². The number of nitrogens with one attached hydrogen (secondary N) is 1. The first-order chi connectivity index (χ1) is 17.0. The first-order valence-corrected chi connectivity index (χ1v) is 12.3. The zero-order valence-corrected chi connectivity index (χ0v) is 20.5. The van der Waals surface area contributed by atoms with Crippen LogP contribution in [-0.4, -0.2) is 33.9 Å². The molecule has 0 spiro atoms. The molecule has 0 aliphatic carbocycles. The summed E-state index contributed by atoms with van der Waals surface area (Å²) in [6.07, 6.45) is 3.38. The lowest BCUT2D eigenvalue weighted by molar-refractivity contribution is 0.535. The van der Waals surface area contributed by atoms with Crippen LogP contribution in [0.2, 0.25) is 0 Å². The van der Waals surface area contributed by atoms with E-state index in [0.717, 1.165) is 29.9 Å². The molecular weight excluding hydrogens is 466 g/mol. The Hall–Kier alpha value is -3.86. The highest BCUT2D eigenvalue weighted by Gasteiger charge is 2.21. The number of imidazole rings is 1. The fraction of sp³-hybridized carbons (Fsp3) is 0.292. The van der Waals surface area contributed by atoms with Crippen molar-refractivity contribution < 1.29 is 4.42 Å². The monoisotopic (exact) mass is 491 g/mol. The molecule has 0 bridgehead atoms. The van der Waals surface area contributed by atoms with Crippen LogP contribution in [0.3, 0.4) is 0 Å². The van der Waals surface area contributed by atoms with E-state index in [4.69, 9.17) is 4.42 Å². The lowest BCUT2D eigenvalue weighted by atomic mass is 10.2. The number of hydrogen-bond acceptors (Lipinski definition) is 7. The standard InChI is InChI=1S/C24H25N7O3S/c1-4-5-12-30-21-19(22(32)26-23(30)33)29(3)18(25-21)14-35-24-28-27-20(17-11-13-34-15(17)2)31(24)16-9-7-6-8-10-16/h6-11,13H,4-5,12,14H2,1-3H3,(H,26,32,33). The van der Waals surface area contributed by atoms with Crippen LogP contribution in [-0.2, 0) is 19.3 Å². The van der Waals surface area contributed by atoms with Crippen LogP contribution in [0.25, 0.3) is 28.2 Å². The summed E-state index contributed by atoms with van der Waals surface area (Å²) in [6.45, 7) is 4.44. The molecule has 0 saturated carbocycles. The second-order valence-corrected chi connectivity index (χ2v) is 9.12. The highest BCUT2D eigenvalue weighted by Crippen LogP contribution is 2.31. The third-order valence-corrected chi connectivity index (χ3v) is 6.84. The molecule has 180 valence electrons. The Morgan fingerprint density at radius 1 is 1.11 bits per heavy atom. The zero-order valence-electron chi connectivity index (χ0n) is 19.7. The van der Waals surface area contributed by atoms with Gasteiger partial charge in [-0.05, 0) is 31.5 Å². The largest absolute Gasteiger partial charge is 0.469 e. The third-order valence-electron chi connectivity index (χ3n) is 5.92. The minimum Gasteiger partial charge on any atom is -0.469 e. The van der Waals surface area contributed by atoms with Crippen LogP contribution in [0, 0.1) is 6.92 Å². The van der Waals surface area contributed by atoms with Crippen LogP contribution < -0.4 is 11.2 Å². The fourth-order valence-corrected chi connectivity index (χ4v) is 4.97. The van der Waals surface area contributed by atoms with Gasteiger partial charge < -0.3 is 8.98 Å². The average molecular weight is 492 g/mol. The molecule has 0 aliphatic heterocycles. The molecule has 0 saturated heterocycles. The number of aromatic nitrogens is 7. The van der Waals surface area contributed by atoms with Gasteiger partial charge in [-0.15, -0.1) is 10.2 Å². The van der Waals surface area contributed by atoms with Crippen molar-refractivity contribution in [1.29, 1.82) is 0 Å². The molecule has 1 N–H and O–H groups in total. The number of aromatic amines is 1. The lowest BCUT2D eigenvalue weighted by Gasteiger charge is -2.09. The van der Waals surface area contributed by atoms with Gasteiger partial charge in [0.2, 0.25) is 0 Å². The Bertz CT molecular complexity index is 1610. The molecule has 5 aromatic rings. The molecule has 5 rings (SSSR count). The Morgan fingerprint density at radius 3 is 2.63 bits per heavy atom. The zero-order chi connectivity index (χ0) is 24.5. The van der Waals surface area contributed by atoms with Gasteiger partial charge in [-0.25, -0.2) is 9.78 Å². The van der Waals surface area contributed by atoms with E-state index >= 15 is 0 Å². The molecule has 0 fully saturated rings. The number of furan rings is 1. The van der Waals surface area contributed by atoms with Gasteiger partial charge in [-0.3, -0.25) is 18.9 Å². The molecule has 11 heteroatoms. The second-order valence-electron chi connectivity index (χ2n) is 8.18. The number of para-hydroxylation sites is 1. The van der Waals surface area contributed by atoms with Crippen molar-refractivity contribution in [3.63, 3.8) is 0 Å². The highest BCUT2D eigenvalue weighted by atomic mass is 32.2. The van der Waals surface area contributed by atoms with Crippen molar-refractivity contribution in [2.24, 2.45) is 7.05 Å². The average Bonchev–Trinajstić information content (AvgIpc) is 3.55. The lowest BCUT2D eigenvalue weighted by Crippen LogP contribution is -2.31. The van der Waals surface area contributed by atoms with E-state index in [9.17, 15) is 9.59 Å². The number of fused-ring (bicyclic) bond motifs is 1. The van der Waals surface area contributed by atoms with Gasteiger partial charge in [0, 0.05) is 19.3 Å². The maximum atomic E-state index is 12.6. The van der Waals surface area contributed by atoms with Crippen molar-refractivity contribution in [1.82, 2.24) is 33.9 Å². The number of H-pyrrole nitrogens is 1. The van der Waals surface area contributed by atoms with Gasteiger partial charge in [-0.1, -0.05) is 43.3 Å². The van der Waals surface area contributed by atoms with Crippen LogP contribution in [0.4, 0.5) is 0 Å². The highest BCUT2D eigenvalue weighted by molar-refractivity contribution is 7.98. The molecule has 0 unspecified atom stereocenters. The maximum absolute atomic E-state index is 12.6. The molecular formula is C24H25N7O3S. The predicted molar refractivity (Wildman–Crippen MR) is 134 cm³/mol. The summed E-state index contributed by atoms with van der Waals surface area (Å²) in [5.41, 5.74) is 1.71. The number of benzene rings is 1. The van der Waals surface area contributed by atoms with Gasteiger partial charge in [0.25, 0.3) is 5.56 Å². The summed E-state index contributed by atoms with van der Waals surface area (Å²) in [4.78, 5) is 32.1. The Labute approximate surface area is 204 Å². The molecule has 0 radical (unpaired) electrons. The van der Waals surface area contributed by atoms with Crippen molar-refractivity contribution in [2.75, 3.05) is 0 Å². The summed E-state index contributed by atoms with van der Waals surface area (Å²) in [5, 5.41) is 9.58. The smallest absolute Gasteiger partial charge is 0.330 e. The summed E-state index contributed by atoms with van der Waals surface area (Å²) < 4.78 is 10.8. The third kappa shape index (κ3) is 4.12. The van der Waals surface area contributed by atoms with Crippen molar-refractivity contribution in [3.05, 3.63) is 75.1 Å². The van der Waals surface area contributed by atoms with Crippen molar-refractivity contribution in [3.8, 4) is 17.1 Å².